The van der Waals surface area contributed by atoms with Crippen LogP contribution in [0.3, 0.4) is 0 Å². The molecule has 2 aromatic rings. The molecule has 0 radical (unpaired) electrons. The quantitative estimate of drug-likeness (QED) is 0.863. The summed E-state index contributed by atoms with van der Waals surface area (Å²) in [5.74, 6) is -0.0244. The van der Waals surface area contributed by atoms with Crippen molar-refractivity contribution in [1.82, 2.24) is 14.7 Å². The Labute approximate surface area is 163 Å². The molecule has 1 fully saturated rings. The lowest BCUT2D eigenvalue weighted by Gasteiger charge is -2.35. The van der Waals surface area contributed by atoms with Gasteiger partial charge in [-0.3, -0.25) is 14.5 Å². The van der Waals surface area contributed by atoms with Crippen LogP contribution >= 0.6 is 11.6 Å². The summed E-state index contributed by atoms with van der Waals surface area (Å²) in [6.07, 6.45) is 1.62. The van der Waals surface area contributed by atoms with Gasteiger partial charge in [-0.25, -0.2) is 4.68 Å². The highest BCUT2D eigenvalue weighted by molar-refractivity contribution is 6.33. The van der Waals surface area contributed by atoms with Gasteiger partial charge < -0.3 is 10.2 Å². The Balaban J connectivity index is 1.56. The molecule has 0 unspecified atom stereocenters. The molecule has 7 nitrogen and oxygen atoms in total. The van der Waals surface area contributed by atoms with Crippen molar-refractivity contribution >= 4 is 28.9 Å². The minimum Gasteiger partial charge on any atom is -0.366 e. The Hall–Kier alpha value is -2.38. The van der Waals surface area contributed by atoms with Crippen LogP contribution in [0.1, 0.15) is 11.1 Å². The van der Waals surface area contributed by atoms with E-state index in [4.69, 9.17) is 11.6 Å². The number of halogens is 1. The molecule has 1 aliphatic rings. The lowest BCUT2D eigenvalue weighted by atomic mass is 10.1. The van der Waals surface area contributed by atoms with Gasteiger partial charge in [-0.05, 0) is 25.5 Å². The van der Waals surface area contributed by atoms with E-state index in [1.807, 2.05) is 30.9 Å². The third-order valence-corrected chi connectivity index (χ3v) is 5.15. The normalized spacial score (nSPS) is 15.0. The summed E-state index contributed by atoms with van der Waals surface area (Å²) in [4.78, 5) is 28.4. The Kier molecular flexibility index (Phi) is 5.82. The highest BCUT2D eigenvalue weighted by atomic mass is 35.5. The molecule has 0 spiro atoms. The third-order valence-electron chi connectivity index (χ3n) is 4.80. The number of anilines is 2. The second-order valence-electron chi connectivity index (χ2n) is 6.90. The topological polar surface area (TPSA) is 70.5 Å². The number of carbonyl (C=O) groups is 1. The highest BCUT2D eigenvalue weighted by Gasteiger charge is 2.22. The van der Waals surface area contributed by atoms with Crippen molar-refractivity contribution in [3.63, 3.8) is 0 Å². The first-order chi connectivity index (χ1) is 12.8. The highest BCUT2D eigenvalue weighted by Crippen LogP contribution is 2.22. The van der Waals surface area contributed by atoms with Crippen LogP contribution in [-0.2, 0) is 11.8 Å². The molecule has 0 atom stereocenters. The van der Waals surface area contributed by atoms with Gasteiger partial charge in [-0.1, -0.05) is 29.3 Å². The standard InChI is InChI=1S/C19H24ClN5O2/c1-13-4-5-15(14(2)10-13)22-17(26)12-24-6-8-25(9-7-24)16-11-21-23(3)19(27)18(16)20/h4-5,10-11H,6-9,12H2,1-3H3,(H,22,26). The van der Waals surface area contributed by atoms with Crippen molar-refractivity contribution in [1.29, 1.82) is 0 Å². The summed E-state index contributed by atoms with van der Waals surface area (Å²) in [5.41, 5.74) is 3.43. The molecule has 27 heavy (non-hydrogen) atoms. The summed E-state index contributed by atoms with van der Waals surface area (Å²) in [7, 11) is 1.57. The molecule has 8 heteroatoms. The van der Waals surface area contributed by atoms with Crippen molar-refractivity contribution in [3.8, 4) is 0 Å². The molecule has 1 aromatic carbocycles. The molecular formula is C19H24ClN5O2. The second kappa shape index (κ2) is 8.10. The van der Waals surface area contributed by atoms with Gasteiger partial charge in [0, 0.05) is 38.9 Å². The summed E-state index contributed by atoms with van der Waals surface area (Å²) >= 11 is 6.18. The number of carbonyl (C=O) groups excluding carboxylic acids is 1. The van der Waals surface area contributed by atoms with Crippen LogP contribution in [0, 0.1) is 13.8 Å². The average Bonchev–Trinajstić information content (AvgIpc) is 2.63. The number of benzene rings is 1. The van der Waals surface area contributed by atoms with E-state index in [1.165, 1.54) is 10.2 Å². The zero-order chi connectivity index (χ0) is 19.6. The van der Waals surface area contributed by atoms with Crippen LogP contribution < -0.4 is 15.8 Å². The fourth-order valence-corrected chi connectivity index (χ4v) is 3.51. The molecule has 0 saturated carbocycles. The van der Waals surface area contributed by atoms with Gasteiger partial charge in [0.2, 0.25) is 5.91 Å². The van der Waals surface area contributed by atoms with Gasteiger partial charge in [0.05, 0.1) is 18.4 Å². The number of rotatable bonds is 4. The van der Waals surface area contributed by atoms with E-state index in [9.17, 15) is 9.59 Å². The van der Waals surface area contributed by atoms with Crippen molar-refractivity contribution in [2.75, 3.05) is 42.9 Å². The van der Waals surface area contributed by atoms with Crippen molar-refractivity contribution < 1.29 is 4.79 Å². The maximum absolute atomic E-state index is 12.4. The Morgan fingerprint density at radius 3 is 2.59 bits per heavy atom. The van der Waals surface area contributed by atoms with Gasteiger partial charge in [0.15, 0.2) is 0 Å². The molecule has 1 saturated heterocycles. The SMILES string of the molecule is Cc1ccc(NC(=O)CN2CCN(c3cnn(C)c(=O)c3Cl)CC2)c(C)c1. The number of aromatic nitrogens is 2. The van der Waals surface area contributed by atoms with E-state index in [2.05, 4.69) is 21.4 Å². The molecule has 144 valence electrons. The molecule has 1 amide bonds. The number of nitrogens with zero attached hydrogens (tertiary/aromatic N) is 4. The van der Waals surface area contributed by atoms with Crippen LogP contribution in [0.5, 0.6) is 0 Å². The minimum absolute atomic E-state index is 0.0244. The number of aryl methyl sites for hydroxylation is 3. The van der Waals surface area contributed by atoms with Crippen LogP contribution in [0.4, 0.5) is 11.4 Å². The fourth-order valence-electron chi connectivity index (χ4n) is 3.22. The first-order valence-corrected chi connectivity index (χ1v) is 9.29. The molecule has 2 heterocycles. The van der Waals surface area contributed by atoms with Crippen LogP contribution in [-0.4, -0.2) is 53.3 Å². The van der Waals surface area contributed by atoms with Gasteiger partial charge >= 0.3 is 0 Å². The van der Waals surface area contributed by atoms with Gasteiger partial charge in [-0.2, -0.15) is 5.10 Å². The minimum atomic E-state index is -0.301. The Morgan fingerprint density at radius 2 is 1.93 bits per heavy atom. The summed E-state index contributed by atoms with van der Waals surface area (Å²) in [5, 5.41) is 7.21. The van der Waals surface area contributed by atoms with Crippen molar-refractivity contribution in [2.45, 2.75) is 13.8 Å². The third kappa shape index (κ3) is 4.48. The lowest BCUT2D eigenvalue weighted by molar-refractivity contribution is -0.117. The first kappa shape index (κ1) is 19.4. The fraction of sp³-hybridized carbons (Fsp3) is 0.421. The van der Waals surface area contributed by atoms with E-state index in [0.717, 1.165) is 11.3 Å². The number of hydrogen-bond donors (Lipinski definition) is 1. The Bertz CT molecular complexity index is 903. The van der Waals surface area contributed by atoms with E-state index in [0.29, 0.717) is 38.4 Å². The summed E-state index contributed by atoms with van der Waals surface area (Å²) in [6, 6.07) is 5.98. The van der Waals surface area contributed by atoms with Gasteiger partial charge in [-0.15, -0.1) is 0 Å². The van der Waals surface area contributed by atoms with E-state index >= 15 is 0 Å². The second-order valence-corrected chi connectivity index (χ2v) is 7.28. The molecule has 1 aromatic heterocycles. The van der Waals surface area contributed by atoms with E-state index in [1.54, 1.807) is 13.2 Å². The molecule has 3 rings (SSSR count). The zero-order valence-corrected chi connectivity index (χ0v) is 16.6. The number of amides is 1. The van der Waals surface area contributed by atoms with E-state index in [-0.39, 0.29) is 16.5 Å². The van der Waals surface area contributed by atoms with Crippen LogP contribution in [0.15, 0.2) is 29.2 Å². The molecular weight excluding hydrogens is 366 g/mol. The number of piperazine rings is 1. The Morgan fingerprint density at radius 1 is 1.22 bits per heavy atom. The maximum Gasteiger partial charge on any atom is 0.287 e. The van der Waals surface area contributed by atoms with Crippen molar-refractivity contribution in [2.24, 2.45) is 7.05 Å². The van der Waals surface area contributed by atoms with Crippen molar-refractivity contribution in [3.05, 3.63) is 50.9 Å². The lowest BCUT2D eigenvalue weighted by Crippen LogP contribution is -2.49. The predicted octanol–water partition coefficient (Wildman–Crippen LogP) is 1.81. The van der Waals surface area contributed by atoms with Gasteiger partial charge in [0.1, 0.15) is 5.02 Å². The van der Waals surface area contributed by atoms with Crippen LogP contribution in [0.2, 0.25) is 5.02 Å². The molecule has 0 bridgehead atoms. The maximum atomic E-state index is 12.4. The molecule has 0 aliphatic carbocycles. The zero-order valence-electron chi connectivity index (χ0n) is 15.8. The molecule has 1 aliphatic heterocycles. The molecule has 1 N–H and O–H groups in total. The summed E-state index contributed by atoms with van der Waals surface area (Å²) in [6.45, 7) is 7.16. The van der Waals surface area contributed by atoms with Gasteiger partial charge in [0.25, 0.3) is 5.56 Å². The average molecular weight is 390 g/mol. The summed E-state index contributed by atoms with van der Waals surface area (Å²) < 4.78 is 1.22. The predicted molar refractivity (Wildman–Crippen MR) is 108 cm³/mol. The monoisotopic (exact) mass is 389 g/mol. The number of hydrogen-bond acceptors (Lipinski definition) is 5. The largest absolute Gasteiger partial charge is 0.366 e. The first-order valence-electron chi connectivity index (χ1n) is 8.91. The smallest absolute Gasteiger partial charge is 0.287 e. The van der Waals surface area contributed by atoms with Crippen LogP contribution in [0.25, 0.3) is 0 Å². The van der Waals surface area contributed by atoms with E-state index < -0.39 is 0 Å². The number of nitrogens with one attached hydrogen (secondary N) is 1.